The summed E-state index contributed by atoms with van der Waals surface area (Å²) in [5.74, 6) is 1.46. The summed E-state index contributed by atoms with van der Waals surface area (Å²) in [5, 5.41) is 2.99. The molecule has 3 heteroatoms. The zero-order valence-corrected chi connectivity index (χ0v) is 12.0. The summed E-state index contributed by atoms with van der Waals surface area (Å²) in [7, 11) is 0. The Kier molecular flexibility index (Phi) is 4.46. The van der Waals surface area contributed by atoms with Gasteiger partial charge in [0.1, 0.15) is 5.75 Å². The van der Waals surface area contributed by atoms with Crippen molar-refractivity contribution in [3.05, 3.63) is 29.3 Å². The molecule has 0 unspecified atom stereocenters. The summed E-state index contributed by atoms with van der Waals surface area (Å²) in [5.41, 5.74) is 2.39. The molecular formula is C16H23NO2. The van der Waals surface area contributed by atoms with E-state index in [9.17, 15) is 4.79 Å². The fourth-order valence-corrected chi connectivity index (χ4v) is 2.07. The highest BCUT2D eigenvalue weighted by molar-refractivity contribution is 5.80. The van der Waals surface area contributed by atoms with Crippen LogP contribution in [0, 0.1) is 12.8 Å². The van der Waals surface area contributed by atoms with Crippen LogP contribution < -0.4 is 10.1 Å². The molecule has 0 spiro atoms. The molecule has 0 aliphatic heterocycles. The molecule has 3 nitrogen and oxygen atoms in total. The normalized spacial score (nSPS) is 14.5. The van der Waals surface area contributed by atoms with E-state index in [2.05, 4.69) is 24.4 Å². The van der Waals surface area contributed by atoms with Crippen LogP contribution in [-0.2, 0) is 11.2 Å². The van der Waals surface area contributed by atoms with Gasteiger partial charge in [0.2, 0.25) is 5.91 Å². The first-order valence-electron chi connectivity index (χ1n) is 7.10. The summed E-state index contributed by atoms with van der Waals surface area (Å²) >= 11 is 0. The Morgan fingerprint density at radius 1 is 1.42 bits per heavy atom. The Hall–Kier alpha value is -1.51. The van der Waals surface area contributed by atoms with Crippen molar-refractivity contribution in [2.24, 2.45) is 5.92 Å². The van der Waals surface area contributed by atoms with Crippen LogP contribution in [0.1, 0.15) is 37.8 Å². The lowest BCUT2D eigenvalue weighted by molar-refractivity contribution is -0.122. The van der Waals surface area contributed by atoms with Crippen LogP contribution in [0.5, 0.6) is 5.75 Å². The predicted molar refractivity (Wildman–Crippen MR) is 76.4 cm³/mol. The maximum Gasteiger partial charge on any atom is 0.223 e. The summed E-state index contributed by atoms with van der Waals surface area (Å²) in [6, 6.07) is 6.24. The first kappa shape index (κ1) is 13.9. The molecule has 0 heterocycles. The van der Waals surface area contributed by atoms with Crippen LogP contribution >= 0.6 is 0 Å². The molecule has 1 fully saturated rings. The van der Waals surface area contributed by atoms with Gasteiger partial charge in [-0.2, -0.15) is 0 Å². The van der Waals surface area contributed by atoms with E-state index in [0.717, 1.165) is 37.1 Å². The van der Waals surface area contributed by atoms with Crippen molar-refractivity contribution in [2.75, 3.05) is 6.54 Å². The monoisotopic (exact) mass is 261 g/mol. The van der Waals surface area contributed by atoms with E-state index in [4.69, 9.17) is 4.74 Å². The Bertz CT molecular complexity index is 450. The summed E-state index contributed by atoms with van der Waals surface area (Å²) in [6.07, 6.45) is 3.20. The van der Waals surface area contributed by atoms with Crippen molar-refractivity contribution in [2.45, 2.75) is 46.1 Å². The second-order valence-corrected chi connectivity index (χ2v) is 5.58. The first-order chi connectivity index (χ1) is 9.06. The van der Waals surface area contributed by atoms with Crippen molar-refractivity contribution in [3.63, 3.8) is 0 Å². The summed E-state index contributed by atoms with van der Waals surface area (Å²) < 4.78 is 5.71. The van der Waals surface area contributed by atoms with E-state index in [1.165, 1.54) is 5.56 Å². The number of carbonyl (C=O) groups excluding carboxylic acids is 1. The summed E-state index contributed by atoms with van der Waals surface area (Å²) in [6.45, 7) is 6.84. The lowest BCUT2D eigenvalue weighted by Crippen LogP contribution is -2.26. The Labute approximate surface area is 115 Å². The largest absolute Gasteiger partial charge is 0.491 e. The third kappa shape index (κ3) is 4.27. The molecule has 0 saturated heterocycles. The molecule has 1 aromatic carbocycles. The zero-order valence-electron chi connectivity index (χ0n) is 12.0. The fraction of sp³-hybridized carbons (Fsp3) is 0.562. The third-order valence-electron chi connectivity index (χ3n) is 3.26. The maximum atomic E-state index is 11.5. The van der Waals surface area contributed by atoms with Crippen LogP contribution in [-0.4, -0.2) is 18.6 Å². The highest BCUT2D eigenvalue weighted by Crippen LogP contribution is 2.28. The van der Waals surface area contributed by atoms with Crippen molar-refractivity contribution in [3.8, 4) is 5.75 Å². The molecule has 1 N–H and O–H groups in total. The molecule has 1 amide bonds. The quantitative estimate of drug-likeness (QED) is 0.855. The van der Waals surface area contributed by atoms with Gasteiger partial charge in [0, 0.05) is 12.5 Å². The molecular weight excluding hydrogens is 238 g/mol. The van der Waals surface area contributed by atoms with Crippen LogP contribution in [0.25, 0.3) is 0 Å². The van der Waals surface area contributed by atoms with Crippen molar-refractivity contribution in [1.29, 1.82) is 0 Å². The summed E-state index contributed by atoms with van der Waals surface area (Å²) in [4.78, 5) is 11.5. The highest BCUT2D eigenvalue weighted by Gasteiger charge is 2.28. The van der Waals surface area contributed by atoms with E-state index in [-0.39, 0.29) is 12.0 Å². The van der Waals surface area contributed by atoms with Crippen molar-refractivity contribution in [1.82, 2.24) is 5.32 Å². The van der Waals surface area contributed by atoms with Gasteiger partial charge in [-0.1, -0.05) is 12.1 Å². The zero-order chi connectivity index (χ0) is 13.8. The van der Waals surface area contributed by atoms with Gasteiger partial charge in [0.25, 0.3) is 0 Å². The fourth-order valence-electron chi connectivity index (χ4n) is 2.07. The number of ether oxygens (including phenoxy) is 1. The van der Waals surface area contributed by atoms with Gasteiger partial charge >= 0.3 is 0 Å². The molecule has 0 bridgehead atoms. The Balaban J connectivity index is 1.83. The van der Waals surface area contributed by atoms with Crippen LogP contribution in [0.3, 0.4) is 0 Å². The van der Waals surface area contributed by atoms with E-state index in [1.807, 2.05) is 19.9 Å². The number of hydrogen-bond acceptors (Lipinski definition) is 2. The second kappa shape index (κ2) is 6.09. The lowest BCUT2D eigenvalue weighted by Gasteiger charge is -2.13. The lowest BCUT2D eigenvalue weighted by atomic mass is 10.1. The van der Waals surface area contributed by atoms with Gasteiger partial charge in [0.05, 0.1) is 6.10 Å². The second-order valence-electron chi connectivity index (χ2n) is 5.58. The molecule has 1 aliphatic carbocycles. The third-order valence-corrected chi connectivity index (χ3v) is 3.26. The van der Waals surface area contributed by atoms with Crippen LogP contribution in [0.15, 0.2) is 18.2 Å². The van der Waals surface area contributed by atoms with Gasteiger partial charge in [-0.25, -0.2) is 0 Å². The minimum atomic E-state index is 0.197. The molecule has 0 radical (unpaired) electrons. The molecule has 1 saturated carbocycles. The number of carbonyl (C=O) groups is 1. The molecule has 19 heavy (non-hydrogen) atoms. The number of nitrogens with one attached hydrogen (secondary N) is 1. The van der Waals surface area contributed by atoms with E-state index in [0.29, 0.717) is 5.92 Å². The van der Waals surface area contributed by atoms with Crippen LogP contribution in [0.4, 0.5) is 0 Å². The van der Waals surface area contributed by atoms with Gasteiger partial charge in [-0.05, 0) is 57.2 Å². The predicted octanol–water partition coefficient (Wildman–Crippen LogP) is 2.85. The molecule has 0 atom stereocenters. The van der Waals surface area contributed by atoms with Crippen molar-refractivity contribution >= 4 is 5.91 Å². The van der Waals surface area contributed by atoms with Crippen molar-refractivity contribution < 1.29 is 9.53 Å². The van der Waals surface area contributed by atoms with Gasteiger partial charge < -0.3 is 10.1 Å². The number of benzene rings is 1. The minimum Gasteiger partial charge on any atom is -0.491 e. The Morgan fingerprint density at radius 2 is 2.16 bits per heavy atom. The van der Waals surface area contributed by atoms with Gasteiger partial charge in [-0.3, -0.25) is 4.79 Å². The topological polar surface area (TPSA) is 38.3 Å². The highest BCUT2D eigenvalue weighted by atomic mass is 16.5. The number of hydrogen-bond donors (Lipinski definition) is 1. The number of aryl methyl sites for hydroxylation is 1. The molecule has 104 valence electrons. The molecule has 0 aromatic heterocycles. The number of rotatable bonds is 6. The van der Waals surface area contributed by atoms with E-state index < -0.39 is 0 Å². The van der Waals surface area contributed by atoms with Crippen LogP contribution in [0.2, 0.25) is 0 Å². The molecule has 1 aromatic rings. The van der Waals surface area contributed by atoms with E-state index >= 15 is 0 Å². The smallest absolute Gasteiger partial charge is 0.223 e. The van der Waals surface area contributed by atoms with Gasteiger partial charge in [0.15, 0.2) is 0 Å². The standard InChI is InChI=1S/C16H23NO2/c1-11(2)19-15-7-4-13(10-12(15)3)8-9-17-16(18)14-5-6-14/h4,7,10-11,14H,5-6,8-9H2,1-3H3,(H,17,18). The number of amides is 1. The molecule has 1 aliphatic rings. The SMILES string of the molecule is Cc1cc(CCNC(=O)C2CC2)ccc1OC(C)C. The molecule has 2 rings (SSSR count). The Morgan fingerprint density at radius 3 is 2.74 bits per heavy atom. The maximum absolute atomic E-state index is 11.5. The minimum absolute atomic E-state index is 0.197. The average molecular weight is 261 g/mol. The van der Waals surface area contributed by atoms with E-state index in [1.54, 1.807) is 0 Å². The first-order valence-corrected chi connectivity index (χ1v) is 7.10. The van der Waals surface area contributed by atoms with Gasteiger partial charge in [-0.15, -0.1) is 0 Å². The average Bonchev–Trinajstić information content (AvgIpc) is 3.16.